The molecule has 0 bridgehead atoms. The summed E-state index contributed by atoms with van der Waals surface area (Å²) in [7, 11) is 1.97. The first-order chi connectivity index (χ1) is 9.06. The summed E-state index contributed by atoms with van der Waals surface area (Å²) in [5.41, 5.74) is 2.89. The van der Waals surface area contributed by atoms with Gasteiger partial charge in [0, 0.05) is 29.1 Å². The van der Waals surface area contributed by atoms with Crippen molar-refractivity contribution in [1.29, 1.82) is 0 Å². The Morgan fingerprint density at radius 2 is 2.11 bits per heavy atom. The van der Waals surface area contributed by atoms with Crippen LogP contribution in [0.15, 0.2) is 36.4 Å². The number of hydrogen-bond donors (Lipinski definition) is 2. The average Bonchev–Trinajstić information content (AvgIpc) is 2.68. The van der Waals surface area contributed by atoms with Gasteiger partial charge in [0.15, 0.2) is 0 Å². The number of carbonyl (C=O) groups is 1. The van der Waals surface area contributed by atoms with Gasteiger partial charge in [-0.05, 0) is 37.3 Å². The molecule has 2 N–H and O–H groups in total. The number of benzene rings is 1. The van der Waals surface area contributed by atoms with Gasteiger partial charge in [-0.2, -0.15) is 0 Å². The van der Waals surface area contributed by atoms with E-state index in [1.807, 2.05) is 30.7 Å². The van der Waals surface area contributed by atoms with Crippen LogP contribution in [0.4, 0.5) is 10.5 Å². The smallest absolute Gasteiger partial charge is 0.319 e. The van der Waals surface area contributed by atoms with Crippen LogP contribution >= 0.6 is 11.6 Å². The van der Waals surface area contributed by atoms with Crippen molar-refractivity contribution in [3.8, 4) is 0 Å². The molecule has 5 heteroatoms. The topological polar surface area (TPSA) is 46.1 Å². The van der Waals surface area contributed by atoms with Crippen molar-refractivity contribution >= 4 is 23.3 Å². The molecule has 0 fully saturated rings. The maximum Gasteiger partial charge on any atom is 0.319 e. The fourth-order valence-electron chi connectivity index (χ4n) is 1.76. The Morgan fingerprint density at radius 1 is 1.32 bits per heavy atom. The van der Waals surface area contributed by atoms with Gasteiger partial charge in [0.2, 0.25) is 0 Å². The summed E-state index contributed by atoms with van der Waals surface area (Å²) in [5, 5.41) is 6.14. The van der Waals surface area contributed by atoms with Gasteiger partial charge in [0.1, 0.15) is 0 Å². The number of anilines is 1. The molecule has 2 amide bonds. The highest BCUT2D eigenvalue weighted by molar-refractivity contribution is 6.30. The van der Waals surface area contributed by atoms with Crippen LogP contribution in [-0.2, 0) is 13.6 Å². The van der Waals surface area contributed by atoms with Crippen LogP contribution in [0.3, 0.4) is 0 Å². The van der Waals surface area contributed by atoms with Crippen molar-refractivity contribution in [3.63, 3.8) is 0 Å². The van der Waals surface area contributed by atoms with Crippen LogP contribution in [0.25, 0.3) is 0 Å². The number of urea groups is 1. The molecule has 0 saturated carbocycles. The summed E-state index contributed by atoms with van der Waals surface area (Å²) in [4.78, 5) is 11.7. The summed E-state index contributed by atoms with van der Waals surface area (Å²) in [6.45, 7) is 2.51. The highest BCUT2D eigenvalue weighted by atomic mass is 35.5. The van der Waals surface area contributed by atoms with Crippen molar-refractivity contribution in [3.05, 3.63) is 52.8 Å². The summed E-state index contributed by atoms with van der Waals surface area (Å²) in [6, 6.07) is 10.8. The second-order valence-corrected chi connectivity index (χ2v) is 4.78. The van der Waals surface area contributed by atoms with Gasteiger partial charge in [-0.1, -0.05) is 17.7 Å². The predicted octanol–water partition coefficient (Wildman–Crippen LogP) is 3.31. The van der Waals surface area contributed by atoms with Crippen molar-refractivity contribution < 1.29 is 4.79 Å². The Hall–Kier alpha value is -1.94. The van der Waals surface area contributed by atoms with E-state index < -0.39 is 0 Å². The minimum atomic E-state index is -0.249. The Morgan fingerprint density at radius 3 is 2.74 bits per heavy atom. The highest BCUT2D eigenvalue weighted by Gasteiger charge is 2.05. The van der Waals surface area contributed by atoms with E-state index in [9.17, 15) is 4.79 Å². The molecule has 1 aromatic heterocycles. The molecule has 19 heavy (non-hydrogen) atoms. The fourth-order valence-corrected chi connectivity index (χ4v) is 1.95. The second-order valence-electron chi connectivity index (χ2n) is 4.34. The molecule has 0 radical (unpaired) electrons. The van der Waals surface area contributed by atoms with Crippen LogP contribution in [0.2, 0.25) is 5.02 Å². The Kier molecular flexibility index (Phi) is 4.12. The largest absolute Gasteiger partial charge is 0.350 e. The number of carbonyl (C=O) groups excluding carboxylic acids is 1. The minimum Gasteiger partial charge on any atom is -0.350 e. The van der Waals surface area contributed by atoms with Gasteiger partial charge in [-0.15, -0.1) is 0 Å². The number of amides is 2. The lowest BCUT2D eigenvalue weighted by Crippen LogP contribution is -2.28. The van der Waals surface area contributed by atoms with E-state index in [4.69, 9.17) is 11.6 Å². The highest BCUT2D eigenvalue weighted by Crippen LogP contribution is 2.14. The van der Waals surface area contributed by atoms with E-state index in [-0.39, 0.29) is 6.03 Å². The van der Waals surface area contributed by atoms with Gasteiger partial charge in [-0.25, -0.2) is 4.79 Å². The molecule has 0 aliphatic carbocycles. The Bertz CT molecular complexity index is 592. The Balaban J connectivity index is 1.90. The SMILES string of the molecule is Cc1ccc(CNC(=O)Nc2cccc(Cl)c2)n1C. The van der Waals surface area contributed by atoms with E-state index in [0.29, 0.717) is 17.3 Å². The maximum absolute atomic E-state index is 11.7. The number of nitrogens with one attached hydrogen (secondary N) is 2. The number of aryl methyl sites for hydroxylation is 1. The quantitative estimate of drug-likeness (QED) is 0.888. The summed E-state index contributed by atoms with van der Waals surface area (Å²) in [6.07, 6.45) is 0. The van der Waals surface area contributed by atoms with Crippen LogP contribution in [0.5, 0.6) is 0 Å². The van der Waals surface area contributed by atoms with Crippen LogP contribution in [-0.4, -0.2) is 10.6 Å². The summed E-state index contributed by atoms with van der Waals surface area (Å²) in [5.74, 6) is 0. The van der Waals surface area contributed by atoms with Gasteiger partial charge in [0.05, 0.1) is 6.54 Å². The molecule has 0 unspecified atom stereocenters. The first-order valence-corrected chi connectivity index (χ1v) is 6.35. The number of halogens is 1. The lowest BCUT2D eigenvalue weighted by molar-refractivity contribution is 0.251. The van der Waals surface area contributed by atoms with E-state index in [2.05, 4.69) is 10.6 Å². The number of hydrogen-bond acceptors (Lipinski definition) is 1. The second kappa shape index (κ2) is 5.80. The van der Waals surface area contributed by atoms with E-state index in [1.165, 1.54) is 0 Å². The maximum atomic E-state index is 11.7. The third-order valence-corrected chi connectivity index (χ3v) is 3.22. The first-order valence-electron chi connectivity index (χ1n) is 5.98. The molecule has 0 atom stereocenters. The van der Waals surface area contributed by atoms with Crippen molar-refractivity contribution in [2.24, 2.45) is 7.05 Å². The molecule has 4 nitrogen and oxygen atoms in total. The summed E-state index contributed by atoms with van der Waals surface area (Å²) >= 11 is 5.85. The van der Waals surface area contributed by atoms with E-state index >= 15 is 0 Å². The summed E-state index contributed by atoms with van der Waals surface area (Å²) < 4.78 is 2.04. The normalized spacial score (nSPS) is 10.3. The molecular formula is C14H16ClN3O. The first kappa shape index (κ1) is 13.5. The third kappa shape index (κ3) is 3.51. The zero-order valence-corrected chi connectivity index (χ0v) is 11.7. The standard InChI is InChI=1S/C14H16ClN3O/c1-10-6-7-13(18(10)2)9-16-14(19)17-12-5-3-4-11(15)8-12/h3-8H,9H2,1-2H3,(H2,16,17,19). The molecule has 0 saturated heterocycles. The molecule has 2 aromatic rings. The fraction of sp³-hybridized carbons (Fsp3) is 0.214. The molecule has 1 aromatic carbocycles. The van der Waals surface area contributed by atoms with Crippen LogP contribution < -0.4 is 10.6 Å². The van der Waals surface area contributed by atoms with Crippen LogP contribution in [0, 0.1) is 6.92 Å². The number of aromatic nitrogens is 1. The minimum absolute atomic E-state index is 0.249. The molecule has 2 rings (SSSR count). The molecule has 100 valence electrons. The van der Waals surface area contributed by atoms with Crippen molar-refractivity contribution in [2.75, 3.05) is 5.32 Å². The van der Waals surface area contributed by atoms with Gasteiger partial charge < -0.3 is 15.2 Å². The van der Waals surface area contributed by atoms with Gasteiger partial charge >= 0.3 is 6.03 Å². The zero-order valence-electron chi connectivity index (χ0n) is 10.9. The number of nitrogens with zero attached hydrogens (tertiary/aromatic N) is 1. The van der Waals surface area contributed by atoms with Crippen molar-refractivity contribution in [1.82, 2.24) is 9.88 Å². The molecule has 1 heterocycles. The Labute approximate surface area is 117 Å². The molecular weight excluding hydrogens is 262 g/mol. The van der Waals surface area contributed by atoms with E-state index in [1.54, 1.807) is 24.3 Å². The average molecular weight is 278 g/mol. The molecule has 0 aliphatic rings. The van der Waals surface area contributed by atoms with Crippen molar-refractivity contribution in [2.45, 2.75) is 13.5 Å². The molecule has 0 aliphatic heterocycles. The number of rotatable bonds is 3. The lowest BCUT2D eigenvalue weighted by Gasteiger charge is -2.09. The lowest BCUT2D eigenvalue weighted by atomic mass is 10.3. The van der Waals surface area contributed by atoms with Gasteiger partial charge in [-0.3, -0.25) is 0 Å². The van der Waals surface area contributed by atoms with Crippen LogP contribution in [0.1, 0.15) is 11.4 Å². The molecule has 0 spiro atoms. The zero-order chi connectivity index (χ0) is 13.8. The third-order valence-electron chi connectivity index (χ3n) is 2.99. The van der Waals surface area contributed by atoms with Gasteiger partial charge in [0.25, 0.3) is 0 Å². The predicted molar refractivity (Wildman–Crippen MR) is 77.5 cm³/mol. The van der Waals surface area contributed by atoms with E-state index in [0.717, 1.165) is 11.4 Å². The monoisotopic (exact) mass is 277 g/mol.